The molecule has 0 bridgehead atoms. The lowest BCUT2D eigenvalue weighted by Gasteiger charge is -2.39. The fraction of sp³-hybridized carbons (Fsp3) is 1.00. The molecule has 0 aromatic carbocycles. The minimum absolute atomic E-state index is 0.489. The van der Waals surface area contributed by atoms with E-state index in [9.17, 15) is 0 Å². The first kappa shape index (κ1) is 19.2. The van der Waals surface area contributed by atoms with Crippen molar-refractivity contribution in [3.8, 4) is 0 Å². The van der Waals surface area contributed by atoms with Gasteiger partial charge in [0, 0.05) is 6.10 Å². The molecule has 0 amide bonds. The van der Waals surface area contributed by atoms with Gasteiger partial charge >= 0.3 is 0 Å². The molecular weight excluding hydrogens is 248 g/mol. The summed E-state index contributed by atoms with van der Waals surface area (Å²) < 4.78 is 6.81. The van der Waals surface area contributed by atoms with Crippen LogP contribution in [0.5, 0.6) is 0 Å². The Hall–Kier alpha value is 0.177. The van der Waals surface area contributed by atoms with Crippen molar-refractivity contribution < 1.29 is 4.43 Å². The van der Waals surface area contributed by atoms with Gasteiger partial charge in [-0.2, -0.15) is 0 Å². The molecule has 0 saturated carbocycles. The lowest BCUT2D eigenvalue weighted by atomic mass is 10.2. The standard InChI is InChI=1S/C17H38OSi/c1-9-17(10-2)18-19(11-14(3)4,12-15(5)6)13-16(7)8/h14-17H,9-13H2,1-8H3. The fourth-order valence-electron chi connectivity index (χ4n) is 3.44. The van der Waals surface area contributed by atoms with E-state index >= 15 is 0 Å². The summed E-state index contributed by atoms with van der Waals surface area (Å²) in [6, 6.07) is 4.00. The average Bonchev–Trinajstić information content (AvgIpc) is 2.22. The van der Waals surface area contributed by atoms with E-state index in [1.54, 1.807) is 0 Å². The first-order valence-electron chi connectivity index (χ1n) is 8.42. The summed E-state index contributed by atoms with van der Waals surface area (Å²) in [5.74, 6) is 2.29. The summed E-state index contributed by atoms with van der Waals surface area (Å²) in [6.45, 7) is 18.7. The lowest BCUT2D eigenvalue weighted by Crippen LogP contribution is -2.45. The first-order chi connectivity index (χ1) is 8.74. The van der Waals surface area contributed by atoms with Crippen LogP contribution < -0.4 is 0 Å². The van der Waals surface area contributed by atoms with E-state index < -0.39 is 8.32 Å². The zero-order valence-corrected chi connectivity index (χ0v) is 15.8. The van der Waals surface area contributed by atoms with Gasteiger partial charge in [-0.25, -0.2) is 0 Å². The maximum Gasteiger partial charge on any atom is 0.193 e. The highest BCUT2D eigenvalue weighted by molar-refractivity contribution is 6.74. The molecule has 0 saturated heterocycles. The predicted molar refractivity (Wildman–Crippen MR) is 90.1 cm³/mol. The topological polar surface area (TPSA) is 9.23 Å². The molecule has 19 heavy (non-hydrogen) atoms. The van der Waals surface area contributed by atoms with Gasteiger partial charge in [0.25, 0.3) is 0 Å². The van der Waals surface area contributed by atoms with Crippen LogP contribution in [0.2, 0.25) is 18.1 Å². The molecule has 0 aliphatic heterocycles. The van der Waals surface area contributed by atoms with E-state index in [0.29, 0.717) is 6.10 Å². The molecule has 0 unspecified atom stereocenters. The molecular formula is C17H38OSi. The van der Waals surface area contributed by atoms with Gasteiger partial charge in [0.15, 0.2) is 8.32 Å². The van der Waals surface area contributed by atoms with Crippen LogP contribution in [0.15, 0.2) is 0 Å². The first-order valence-corrected chi connectivity index (χ1v) is 10.9. The molecule has 0 spiro atoms. The summed E-state index contributed by atoms with van der Waals surface area (Å²) in [4.78, 5) is 0. The fourth-order valence-corrected chi connectivity index (χ4v) is 9.73. The highest BCUT2D eigenvalue weighted by Gasteiger charge is 2.38. The van der Waals surface area contributed by atoms with Gasteiger partial charge in [0.05, 0.1) is 0 Å². The molecule has 0 rings (SSSR count). The third-order valence-corrected chi connectivity index (χ3v) is 9.18. The Morgan fingerprint density at radius 3 is 1.21 bits per heavy atom. The van der Waals surface area contributed by atoms with Crippen molar-refractivity contribution in [3.63, 3.8) is 0 Å². The minimum atomic E-state index is -1.59. The summed E-state index contributed by atoms with van der Waals surface area (Å²) in [7, 11) is -1.59. The zero-order valence-electron chi connectivity index (χ0n) is 14.8. The van der Waals surface area contributed by atoms with E-state index in [-0.39, 0.29) is 0 Å². The summed E-state index contributed by atoms with van der Waals surface area (Å²) >= 11 is 0. The maximum atomic E-state index is 6.81. The summed E-state index contributed by atoms with van der Waals surface area (Å²) in [5.41, 5.74) is 0. The van der Waals surface area contributed by atoms with Crippen LogP contribution in [0, 0.1) is 17.8 Å². The Balaban J connectivity index is 5.08. The molecule has 0 aliphatic carbocycles. The molecule has 0 N–H and O–H groups in total. The molecule has 2 heteroatoms. The largest absolute Gasteiger partial charge is 0.414 e. The Labute approximate surface area is 123 Å². The van der Waals surface area contributed by atoms with Crippen molar-refractivity contribution in [2.75, 3.05) is 0 Å². The highest BCUT2D eigenvalue weighted by Crippen LogP contribution is 2.34. The van der Waals surface area contributed by atoms with Crippen LogP contribution in [0.3, 0.4) is 0 Å². The smallest absolute Gasteiger partial charge is 0.193 e. The number of hydrogen-bond donors (Lipinski definition) is 0. The van der Waals surface area contributed by atoms with E-state index in [2.05, 4.69) is 55.4 Å². The van der Waals surface area contributed by atoms with Gasteiger partial charge in [-0.1, -0.05) is 55.4 Å². The second-order valence-corrected chi connectivity index (χ2v) is 11.4. The quantitative estimate of drug-likeness (QED) is 0.441. The van der Waals surface area contributed by atoms with E-state index in [1.807, 2.05) is 0 Å². The van der Waals surface area contributed by atoms with Gasteiger partial charge in [-0.15, -0.1) is 0 Å². The van der Waals surface area contributed by atoms with Gasteiger partial charge in [-0.3, -0.25) is 0 Å². The lowest BCUT2D eigenvalue weighted by molar-refractivity contribution is 0.170. The second kappa shape index (κ2) is 9.18. The van der Waals surface area contributed by atoms with Crippen molar-refractivity contribution in [2.24, 2.45) is 17.8 Å². The van der Waals surface area contributed by atoms with Crippen LogP contribution in [0.1, 0.15) is 68.2 Å². The van der Waals surface area contributed by atoms with Crippen LogP contribution in [0.25, 0.3) is 0 Å². The normalized spacial score (nSPS) is 13.3. The van der Waals surface area contributed by atoms with Crippen LogP contribution in [-0.2, 0) is 4.43 Å². The van der Waals surface area contributed by atoms with E-state index in [0.717, 1.165) is 17.8 Å². The van der Waals surface area contributed by atoms with Crippen LogP contribution in [0.4, 0.5) is 0 Å². The van der Waals surface area contributed by atoms with Crippen molar-refractivity contribution in [1.29, 1.82) is 0 Å². The second-order valence-electron chi connectivity index (χ2n) is 7.53. The van der Waals surface area contributed by atoms with E-state index in [4.69, 9.17) is 4.43 Å². The predicted octanol–water partition coefficient (Wildman–Crippen LogP) is 6.11. The monoisotopic (exact) mass is 286 g/mol. The Kier molecular flexibility index (Phi) is 9.26. The Morgan fingerprint density at radius 2 is 1.00 bits per heavy atom. The molecule has 0 radical (unpaired) electrons. The van der Waals surface area contributed by atoms with Crippen LogP contribution in [-0.4, -0.2) is 14.4 Å². The average molecular weight is 287 g/mol. The molecule has 0 atom stereocenters. The van der Waals surface area contributed by atoms with E-state index in [1.165, 1.54) is 31.0 Å². The van der Waals surface area contributed by atoms with Crippen molar-refractivity contribution in [3.05, 3.63) is 0 Å². The van der Waals surface area contributed by atoms with Gasteiger partial charge in [0.2, 0.25) is 0 Å². The van der Waals surface area contributed by atoms with Gasteiger partial charge < -0.3 is 4.43 Å². The third-order valence-electron chi connectivity index (χ3n) is 3.67. The number of hydrogen-bond acceptors (Lipinski definition) is 1. The number of rotatable bonds is 10. The molecule has 1 nitrogen and oxygen atoms in total. The Morgan fingerprint density at radius 1 is 0.684 bits per heavy atom. The van der Waals surface area contributed by atoms with Crippen molar-refractivity contribution in [2.45, 2.75) is 92.5 Å². The molecule has 0 fully saturated rings. The van der Waals surface area contributed by atoms with Crippen molar-refractivity contribution in [1.82, 2.24) is 0 Å². The summed E-state index contributed by atoms with van der Waals surface area (Å²) in [5, 5.41) is 0. The van der Waals surface area contributed by atoms with Crippen LogP contribution >= 0.6 is 0 Å². The van der Waals surface area contributed by atoms with Gasteiger partial charge in [-0.05, 0) is 48.7 Å². The Bertz CT molecular complexity index is 193. The maximum absolute atomic E-state index is 6.81. The zero-order chi connectivity index (χ0) is 15.1. The SMILES string of the molecule is CCC(CC)O[Si](CC(C)C)(CC(C)C)CC(C)C. The molecule has 0 aliphatic rings. The summed E-state index contributed by atoms with van der Waals surface area (Å²) in [6.07, 6.45) is 2.82. The minimum Gasteiger partial charge on any atom is -0.414 e. The van der Waals surface area contributed by atoms with Gasteiger partial charge in [0.1, 0.15) is 0 Å². The highest BCUT2D eigenvalue weighted by atomic mass is 28.4. The molecule has 0 heterocycles. The molecule has 116 valence electrons. The molecule has 0 aromatic rings. The van der Waals surface area contributed by atoms with Crippen molar-refractivity contribution >= 4 is 8.32 Å². The molecule has 0 aromatic heterocycles. The third kappa shape index (κ3) is 8.14.